The Bertz CT molecular complexity index is 904. The number of aromatic nitrogens is 2. The minimum atomic E-state index is -0.00300. The van der Waals surface area contributed by atoms with Gasteiger partial charge >= 0.3 is 0 Å². The SMILES string of the molecule is Cc1cccn2cc(-c3ccc(NC(=O)CNCC4CC4)cc3)nc12.Cl.Cl. The van der Waals surface area contributed by atoms with Crippen molar-refractivity contribution in [1.29, 1.82) is 0 Å². The number of hydrogen-bond donors (Lipinski definition) is 2. The molecule has 0 spiro atoms. The molecule has 1 fully saturated rings. The van der Waals surface area contributed by atoms with Crippen LogP contribution in [-0.2, 0) is 4.79 Å². The summed E-state index contributed by atoms with van der Waals surface area (Å²) in [5.74, 6) is 0.776. The van der Waals surface area contributed by atoms with Crippen LogP contribution in [0.15, 0.2) is 48.8 Å². The van der Waals surface area contributed by atoms with Gasteiger partial charge in [-0.05, 0) is 56.0 Å². The average Bonchev–Trinajstić information content (AvgIpc) is 3.32. The molecule has 0 unspecified atom stereocenters. The van der Waals surface area contributed by atoms with Crippen molar-refractivity contribution >= 4 is 42.1 Å². The molecule has 5 nitrogen and oxygen atoms in total. The van der Waals surface area contributed by atoms with Crippen LogP contribution in [0.2, 0.25) is 0 Å². The van der Waals surface area contributed by atoms with E-state index in [1.165, 1.54) is 12.8 Å². The van der Waals surface area contributed by atoms with Crippen molar-refractivity contribution in [2.45, 2.75) is 19.8 Å². The van der Waals surface area contributed by atoms with Gasteiger partial charge in [-0.2, -0.15) is 0 Å². The lowest BCUT2D eigenvalue weighted by Crippen LogP contribution is -2.29. The molecule has 0 saturated heterocycles. The standard InChI is InChI=1S/C20H22N4O.2ClH/c1-14-3-2-10-24-13-18(23-20(14)24)16-6-8-17(9-7-16)22-19(25)12-21-11-15-4-5-15;;/h2-3,6-10,13,15,21H,4-5,11-12H2,1H3,(H,22,25);2*1H. The Morgan fingerprint density at radius 3 is 2.59 bits per heavy atom. The molecule has 1 aliphatic carbocycles. The number of hydrogen-bond acceptors (Lipinski definition) is 3. The first-order valence-corrected chi connectivity index (χ1v) is 8.74. The number of carbonyl (C=O) groups is 1. The largest absolute Gasteiger partial charge is 0.325 e. The normalized spacial score (nSPS) is 12.9. The van der Waals surface area contributed by atoms with Crippen LogP contribution in [0.4, 0.5) is 5.69 Å². The molecule has 0 aliphatic heterocycles. The minimum absolute atomic E-state index is 0. The zero-order valence-corrected chi connectivity index (χ0v) is 16.8. The number of nitrogens with one attached hydrogen (secondary N) is 2. The molecule has 7 heteroatoms. The van der Waals surface area contributed by atoms with Crippen LogP contribution in [0.5, 0.6) is 0 Å². The lowest BCUT2D eigenvalue weighted by atomic mass is 10.1. The molecule has 1 saturated carbocycles. The van der Waals surface area contributed by atoms with E-state index in [4.69, 9.17) is 4.98 Å². The van der Waals surface area contributed by atoms with Gasteiger partial charge in [0, 0.05) is 23.6 Å². The van der Waals surface area contributed by atoms with Gasteiger partial charge in [-0.3, -0.25) is 4.79 Å². The monoisotopic (exact) mass is 406 g/mol. The van der Waals surface area contributed by atoms with Crippen molar-refractivity contribution in [3.8, 4) is 11.3 Å². The lowest BCUT2D eigenvalue weighted by Gasteiger charge is -2.07. The van der Waals surface area contributed by atoms with Crippen molar-refractivity contribution in [1.82, 2.24) is 14.7 Å². The van der Waals surface area contributed by atoms with Crippen molar-refractivity contribution in [3.05, 3.63) is 54.4 Å². The van der Waals surface area contributed by atoms with E-state index in [1.54, 1.807) is 0 Å². The van der Waals surface area contributed by atoms with Gasteiger partial charge in [0.2, 0.25) is 5.91 Å². The van der Waals surface area contributed by atoms with E-state index in [9.17, 15) is 4.79 Å². The average molecular weight is 407 g/mol. The molecular weight excluding hydrogens is 383 g/mol. The third kappa shape index (κ3) is 5.22. The number of halogens is 2. The minimum Gasteiger partial charge on any atom is -0.325 e. The van der Waals surface area contributed by atoms with E-state index >= 15 is 0 Å². The van der Waals surface area contributed by atoms with Crippen LogP contribution in [0.1, 0.15) is 18.4 Å². The number of nitrogens with zero attached hydrogens (tertiary/aromatic N) is 2. The summed E-state index contributed by atoms with van der Waals surface area (Å²) < 4.78 is 2.03. The highest BCUT2D eigenvalue weighted by atomic mass is 35.5. The lowest BCUT2D eigenvalue weighted by molar-refractivity contribution is -0.115. The molecule has 3 aromatic rings. The first-order chi connectivity index (χ1) is 12.2. The number of imidazole rings is 1. The van der Waals surface area contributed by atoms with Gasteiger partial charge in [0.15, 0.2) is 0 Å². The van der Waals surface area contributed by atoms with Crippen molar-refractivity contribution < 1.29 is 4.79 Å². The fraction of sp³-hybridized carbons (Fsp3) is 0.300. The Balaban J connectivity index is 0.00000131. The van der Waals surface area contributed by atoms with Crippen LogP contribution in [0.3, 0.4) is 0 Å². The van der Waals surface area contributed by atoms with Gasteiger partial charge in [0.25, 0.3) is 0 Å². The Kier molecular flexibility index (Phi) is 7.25. The molecule has 1 aliphatic rings. The molecule has 2 aromatic heterocycles. The molecule has 2 N–H and O–H groups in total. The van der Waals surface area contributed by atoms with E-state index in [0.717, 1.165) is 40.6 Å². The van der Waals surface area contributed by atoms with E-state index in [0.29, 0.717) is 6.54 Å². The number of pyridine rings is 1. The molecule has 4 rings (SSSR count). The predicted octanol–water partition coefficient (Wildman–Crippen LogP) is 4.09. The molecule has 1 amide bonds. The number of rotatable bonds is 6. The molecule has 1 aromatic carbocycles. The quantitative estimate of drug-likeness (QED) is 0.647. The van der Waals surface area contributed by atoms with E-state index in [-0.39, 0.29) is 30.7 Å². The zero-order chi connectivity index (χ0) is 17.2. The summed E-state index contributed by atoms with van der Waals surface area (Å²) >= 11 is 0. The summed E-state index contributed by atoms with van der Waals surface area (Å²) in [5, 5.41) is 6.12. The second kappa shape index (κ2) is 9.22. The summed E-state index contributed by atoms with van der Waals surface area (Å²) in [6.45, 7) is 3.37. The van der Waals surface area contributed by atoms with Crippen LogP contribution in [-0.4, -0.2) is 28.4 Å². The smallest absolute Gasteiger partial charge is 0.238 e. The Morgan fingerprint density at radius 2 is 1.93 bits per heavy atom. The molecule has 0 atom stereocenters. The number of fused-ring (bicyclic) bond motifs is 1. The van der Waals surface area contributed by atoms with Crippen molar-refractivity contribution in [2.75, 3.05) is 18.4 Å². The molecule has 0 bridgehead atoms. The molecule has 144 valence electrons. The maximum Gasteiger partial charge on any atom is 0.238 e. The number of benzene rings is 1. The second-order valence-corrected chi connectivity index (χ2v) is 6.75. The highest BCUT2D eigenvalue weighted by Crippen LogP contribution is 2.27. The highest BCUT2D eigenvalue weighted by molar-refractivity contribution is 5.92. The van der Waals surface area contributed by atoms with E-state index in [2.05, 4.69) is 23.6 Å². The molecule has 2 heterocycles. The fourth-order valence-electron chi connectivity index (χ4n) is 2.93. The number of aryl methyl sites for hydroxylation is 1. The van der Waals surface area contributed by atoms with Gasteiger partial charge in [0.05, 0.1) is 12.2 Å². The third-order valence-electron chi connectivity index (χ3n) is 4.56. The topological polar surface area (TPSA) is 58.4 Å². The Labute approximate surface area is 171 Å². The maximum absolute atomic E-state index is 11.9. The predicted molar refractivity (Wildman–Crippen MR) is 114 cm³/mol. The third-order valence-corrected chi connectivity index (χ3v) is 4.56. The second-order valence-electron chi connectivity index (χ2n) is 6.75. The van der Waals surface area contributed by atoms with Crippen LogP contribution in [0.25, 0.3) is 16.9 Å². The molecule has 27 heavy (non-hydrogen) atoms. The molecular formula is C20H24Cl2N4O. The fourth-order valence-corrected chi connectivity index (χ4v) is 2.93. The van der Waals surface area contributed by atoms with Crippen molar-refractivity contribution in [3.63, 3.8) is 0 Å². The maximum atomic E-state index is 11.9. The Hall–Kier alpha value is -2.08. The zero-order valence-electron chi connectivity index (χ0n) is 15.1. The van der Waals surface area contributed by atoms with E-state index in [1.807, 2.05) is 47.1 Å². The van der Waals surface area contributed by atoms with Gasteiger partial charge in [-0.15, -0.1) is 24.8 Å². The van der Waals surface area contributed by atoms with E-state index < -0.39 is 0 Å². The Morgan fingerprint density at radius 1 is 1.19 bits per heavy atom. The summed E-state index contributed by atoms with van der Waals surface area (Å²) in [7, 11) is 0. The van der Waals surface area contributed by atoms with Gasteiger partial charge in [-0.25, -0.2) is 4.98 Å². The van der Waals surface area contributed by atoms with Crippen LogP contribution < -0.4 is 10.6 Å². The summed E-state index contributed by atoms with van der Waals surface area (Å²) in [6.07, 6.45) is 6.61. The van der Waals surface area contributed by atoms with Gasteiger partial charge in [-0.1, -0.05) is 18.2 Å². The summed E-state index contributed by atoms with van der Waals surface area (Å²) in [4.78, 5) is 16.6. The first kappa shape index (κ1) is 21.2. The van der Waals surface area contributed by atoms with Crippen LogP contribution in [0, 0.1) is 12.8 Å². The highest BCUT2D eigenvalue weighted by Gasteiger charge is 2.20. The number of amides is 1. The number of anilines is 1. The molecule has 0 radical (unpaired) electrons. The first-order valence-electron chi connectivity index (χ1n) is 8.74. The number of carbonyl (C=O) groups excluding carboxylic acids is 1. The van der Waals surface area contributed by atoms with Crippen LogP contribution >= 0.6 is 24.8 Å². The van der Waals surface area contributed by atoms with Gasteiger partial charge < -0.3 is 15.0 Å². The summed E-state index contributed by atoms with van der Waals surface area (Å²) in [6, 6.07) is 11.9. The summed E-state index contributed by atoms with van der Waals surface area (Å²) in [5.41, 5.74) is 4.89. The van der Waals surface area contributed by atoms with Crippen molar-refractivity contribution in [2.24, 2.45) is 5.92 Å². The van der Waals surface area contributed by atoms with Gasteiger partial charge in [0.1, 0.15) is 5.65 Å².